The summed E-state index contributed by atoms with van der Waals surface area (Å²) in [6.45, 7) is 1.31. The highest BCUT2D eigenvalue weighted by Gasteiger charge is 2.39. The van der Waals surface area contributed by atoms with Gasteiger partial charge in [-0.05, 0) is 81.2 Å². The van der Waals surface area contributed by atoms with E-state index < -0.39 is 6.04 Å². The first-order chi connectivity index (χ1) is 16.0. The zero-order chi connectivity index (χ0) is 23.8. The molecule has 182 valence electrons. The first-order valence-electron chi connectivity index (χ1n) is 12.1. The van der Waals surface area contributed by atoms with Crippen molar-refractivity contribution in [3.63, 3.8) is 0 Å². The van der Waals surface area contributed by atoms with Gasteiger partial charge in [0.1, 0.15) is 11.8 Å². The maximum atomic E-state index is 12.6. The van der Waals surface area contributed by atoms with Crippen LogP contribution in [-0.2, 0) is 16.1 Å². The molecular formula is C25H37N3O5. The first kappa shape index (κ1) is 25.2. The fraction of sp³-hybridized carbons (Fsp3) is 0.640. The van der Waals surface area contributed by atoms with Crippen molar-refractivity contribution in [2.45, 2.75) is 82.9 Å². The van der Waals surface area contributed by atoms with Gasteiger partial charge in [-0.1, -0.05) is 12.8 Å². The van der Waals surface area contributed by atoms with Gasteiger partial charge in [0.25, 0.3) is 5.91 Å². The smallest absolute Gasteiger partial charge is 0.255 e. The molecule has 1 aromatic carbocycles. The van der Waals surface area contributed by atoms with Gasteiger partial charge in [-0.15, -0.1) is 0 Å². The molecular weight excluding hydrogens is 422 g/mol. The number of nitrogens with two attached hydrogens (primary N) is 1. The van der Waals surface area contributed by atoms with E-state index in [0.717, 1.165) is 43.7 Å². The Labute approximate surface area is 195 Å². The number of hydrogen-bond acceptors (Lipinski definition) is 6. The summed E-state index contributed by atoms with van der Waals surface area (Å²) < 4.78 is 6.08. The maximum Gasteiger partial charge on any atom is 0.255 e. The fourth-order valence-electron chi connectivity index (χ4n) is 4.73. The Balaban J connectivity index is 0.000000329. The van der Waals surface area contributed by atoms with Crippen molar-refractivity contribution >= 4 is 17.7 Å². The molecule has 0 radical (unpaired) electrons. The van der Waals surface area contributed by atoms with Gasteiger partial charge in [-0.3, -0.25) is 19.7 Å². The molecule has 0 spiro atoms. The largest absolute Gasteiger partial charge is 0.490 e. The molecule has 8 heteroatoms. The lowest BCUT2D eigenvalue weighted by Gasteiger charge is -2.29. The minimum Gasteiger partial charge on any atom is -0.490 e. The average Bonchev–Trinajstić information content (AvgIpc) is 3.11. The third-order valence-electron chi connectivity index (χ3n) is 6.91. The summed E-state index contributed by atoms with van der Waals surface area (Å²) in [7, 11) is 1.00. The monoisotopic (exact) mass is 459 g/mol. The van der Waals surface area contributed by atoms with Crippen LogP contribution in [0.4, 0.5) is 0 Å². The molecule has 5 rings (SSSR count). The van der Waals surface area contributed by atoms with Crippen LogP contribution in [0.2, 0.25) is 0 Å². The van der Waals surface area contributed by atoms with Gasteiger partial charge < -0.3 is 20.5 Å². The summed E-state index contributed by atoms with van der Waals surface area (Å²) >= 11 is 0. The molecule has 0 aromatic heterocycles. The topological polar surface area (TPSA) is 122 Å². The number of hydrogen-bond donors (Lipinski definition) is 3. The Hall–Kier alpha value is -2.45. The highest BCUT2D eigenvalue weighted by atomic mass is 16.5. The van der Waals surface area contributed by atoms with Gasteiger partial charge in [0.2, 0.25) is 11.8 Å². The molecule has 1 aromatic rings. The Bertz CT molecular complexity index is 831. The number of carbonyl (C=O) groups is 3. The van der Waals surface area contributed by atoms with E-state index >= 15 is 0 Å². The van der Waals surface area contributed by atoms with Crippen LogP contribution >= 0.6 is 0 Å². The van der Waals surface area contributed by atoms with Gasteiger partial charge >= 0.3 is 0 Å². The van der Waals surface area contributed by atoms with Crippen LogP contribution in [0.1, 0.15) is 80.1 Å². The van der Waals surface area contributed by atoms with Gasteiger partial charge in [-0.25, -0.2) is 0 Å². The third kappa shape index (κ3) is 6.32. The van der Waals surface area contributed by atoms with Gasteiger partial charge in [0.05, 0.1) is 6.10 Å². The van der Waals surface area contributed by atoms with Crippen LogP contribution in [0, 0.1) is 5.92 Å². The van der Waals surface area contributed by atoms with Crippen molar-refractivity contribution in [3.8, 4) is 5.75 Å². The average molecular weight is 460 g/mol. The summed E-state index contributed by atoms with van der Waals surface area (Å²) in [5, 5.41) is 9.32. The number of benzene rings is 1. The number of amides is 3. The van der Waals surface area contributed by atoms with Crippen LogP contribution in [-0.4, -0.2) is 53.5 Å². The lowest BCUT2D eigenvalue weighted by atomic mass is 9.86. The van der Waals surface area contributed by atoms with E-state index in [1.807, 2.05) is 12.1 Å². The maximum absolute atomic E-state index is 12.6. The molecule has 3 fully saturated rings. The molecule has 1 atom stereocenters. The number of carbonyl (C=O) groups excluding carboxylic acids is 3. The van der Waals surface area contributed by atoms with Crippen LogP contribution in [0.3, 0.4) is 0 Å². The number of aliphatic hydroxyl groups excluding tert-OH is 1. The van der Waals surface area contributed by atoms with Crippen LogP contribution in [0.5, 0.6) is 5.75 Å². The second kappa shape index (κ2) is 12.1. The highest BCUT2D eigenvalue weighted by Crippen LogP contribution is 2.31. The number of nitrogens with one attached hydrogen (secondary N) is 1. The van der Waals surface area contributed by atoms with Crippen molar-refractivity contribution in [2.75, 3.05) is 13.7 Å². The second-order valence-electron chi connectivity index (χ2n) is 9.13. The summed E-state index contributed by atoms with van der Waals surface area (Å²) in [5.41, 5.74) is 6.85. The van der Waals surface area contributed by atoms with E-state index in [9.17, 15) is 14.4 Å². The molecule has 3 amide bonds. The van der Waals surface area contributed by atoms with E-state index in [1.165, 1.54) is 38.5 Å². The minimum absolute atomic E-state index is 0.145. The van der Waals surface area contributed by atoms with Gasteiger partial charge in [0, 0.05) is 25.6 Å². The quantitative estimate of drug-likeness (QED) is 0.595. The Kier molecular flexibility index (Phi) is 9.26. The Morgan fingerprint density at radius 3 is 2.33 bits per heavy atom. The lowest BCUT2D eigenvalue weighted by Crippen LogP contribution is -2.52. The predicted octanol–water partition coefficient (Wildman–Crippen LogP) is 2.51. The number of fused-ring (bicyclic) bond motifs is 1. The Morgan fingerprint density at radius 1 is 1.03 bits per heavy atom. The fourth-order valence-corrected chi connectivity index (χ4v) is 4.73. The van der Waals surface area contributed by atoms with Crippen LogP contribution in [0.15, 0.2) is 18.2 Å². The number of rotatable bonds is 4. The molecule has 2 heterocycles. The van der Waals surface area contributed by atoms with E-state index in [0.29, 0.717) is 18.5 Å². The van der Waals surface area contributed by atoms with Gasteiger partial charge in [-0.2, -0.15) is 0 Å². The summed E-state index contributed by atoms with van der Waals surface area (Å²) in [6.07, 6.45) is 11.0. The zero-order valence-corrected chi connectivity index (χ0v) is 19.6. The molecule has 8 nitrogen and oxygen atoms in total. The van der Waals surface area contributed by atoms with Crippen LogP contribution in [0.25, 0.3) is 0 Å². The molecule has 4 N–H and O–H groups in total. The van der Waals surface area contributed by atoms with E-state index in [2.05, 4.69) is 5.32 Å². The number of ether oxygens (including phenoxy) is 1. The van der Waals surface area contributed by atoms with Gasteiger partial charge in [0.15, 0.2) is 0 Å². The van der Waals surface area contributed by atoms with Crippen LogP contribution < -0.4 is 15.8 Å². The molecule has 2 aliphatic heterocycles. The molecule has 2 aliphatic carbocycles. The van der Waals surface area contributed by atoms with Crippen molar-refractivity contribution in [1.29, 1.82) is 0 Å². The molecule has 4 aliphatic rings. The summed E-state index contributed by atoms with van der Waals surface area (Å²) in [5.74, 6) is 0.895. The molecule has 1 unspecified atom stereocenters. The molecule has 1 saturated heterocycles. The standard InChI is InChI=1S/C19H22N2O4.C5H11N.CH4O/c22-17-9-8-16(18(23)20-17)21-11-12-10-14(6-7-15(12)19(21)24)25-13-4-2-1-3-5-13;6-4-5-2-1-3-5;1-2/h6-7,10,13,16H,1-5,8-9,11H2,(H,20,22,23);5H,1-4,6H2;2H,1H3. The predicted molar refractivity (Wildman–Crippen MR) is 125 cm³/mol. The van der Waals surface area contributed by atoms with Crippen molar-refractivity contribution < 1.29 is 24.2 Å². The van der Waals surface area contributed by atoms with Crippen molar-refractivity contribution in [2.24, 2.45) is 11.7 Å². The number of aliphatic hydroxyl groups is 1. The third-order valence-corrected chi connectivity index (χ3v) is 6.91. The molecule has 2 saturated carbocycles. The lowest BCUT2D eigenvalue weighted by molar-refractivity contribution is -0.136. The first-order valence-corrected chi connectivity index (χ1v) is 12.1. The van der Waals surface area contributed by atoms with E-state index in [4.69, 9.17) is 15.6 Å². The minimum atomic E-state index is -0.569. The van der Waals surface area contributed by atoms with Crippen molar-refractivity contribution in [1.82, 2.24) is 10.2 Å². The normalized spacial score (nSPS) is 22.8. The summed E-state index contributed by atoms with van der Waals surface area (Å²) in [4.78, 5) is 37.6. The number of nitrogens with zero attached hydrogens (tertiary/aromatic N) is 1. The highest BCUT2D eigenvalue weighted by molar-refractivity contribution is 6.05. The molecule has 33 heavy (non-hydrogen) atoms. The second-order valence-corrected chi connectivity index (χ2v) is 9.13. The zero-order valence-electron chi connectivity index (χ0n) is 19.6. The Morgan fingerprint density at radius 2 is 1.76 bits per heavy atom. The molecule has 0 bridgehead atoms. The number of piperidine rings is 1. The summed E-state index contributed by atoms with van der Waals surface area (Å²) in [6, 6.07) is 5.00. The SMILES string of the molecule is CO.NCC1CCC1.O=C1CCC(N2Cc3cc(OC4CCCCC4)ccc3C2=O)C(=O)N1. The van der Waals surface area contributed by atoms with E-state index in [1.54, 1.807) is 11.0 Å². The van der Waals surface area contributed by atoms with Crippen molar-refractivity contribution in [3.05, 3.63) is 29.3 Å². The number of imide groups is 1. The van der Waals surface area contributed by atoms with E-state index in [-0.39, 0.29) is 30.2 Å².